The SMILES string of the molecule is COc1ccc(COC(=O)C2=C(C3CCC(C)O3)CS[C@@H]3[C@H](N)C(=O)N23)cc1. The predicted molar refractivity (Wildman–Crippen MR) is 104 cm³/mol. The van der Waals surface area contributed by atoms with E-state index in [9.17, 15) is 9.59 Å². The molecule has 8 heteroatoms. The van der Waals surface area contributed by atoms with Gasteiger partial charge in [-0.05, 0) is 43.0 Å². The third kappa shape index (κ3) is 3.40. The average molecular weight is 404 g/mol. The number of β-lactam (4-membered cyclic amide) rings is 1. The molecule has 1 aromatic carbocycles. The number of thioether (sulfide) groups is 1. The minimum atomic E-state index is -0.570. The highest BCUT2D eigenvalue weighted by Gasteiger charge is 2.53. The number of rotatable bonds is 5. The first-order chi connectivity index (χ1) is 13.5. The summed E-state index contributed by atoms with van der Waals surface area (Å²) in [7, 11) is 1.60. The van der Waals surface area contributed by atoms with E-state index in [1.165, 1.54) is 4.90 Å². The summed E-state index contributed by atoms with van der Waals surface area (Å²) in [5.41, 5.74) is 7.93. The molecule has 4 atom stereocenters. The Morgan fingerprint density at radius 1 is 1.32 bits per heavy atom. The summed E-state index contributed by atoms with van der Waals surface area (Å²) in [5, 5.41) is -0.210. The number of esters is 1. The van der Waals surface area contributed by atoms with Gasteiger partial charge in [0.25, 0.3) is 0 Å². The lowest BCUT2D eigenvalue weighted by atomic mass is 9.99. The largest absolute Gasteiger partial charge is 0.497 e. The van der Waals surface area contributed by atoms with E-state index in [1.54, 1.807) is 18.9 Å². The third-order valence-electron chi connectivity index (χ3n) is 5.38. The van der Waals surface area contributed by atoms with Crippen molar-refractivity contribution in [1.82, 2.24) is 4.90 Å². The minimum absolute atomic E-state index is 0.118. The zero-order valence-corrected chi connectivity index (χ0v) is 16.7. The zero-order valence-electron chi connectivity index (χ0n) is 15.9. The molecule has 1 amide bonds. The van der Waals surface area contributed by atoms with Crippen molar-refractivity contribution in [3.05, 3.63) is 41.1 Å². The van der Waals surface area contributed by atoms with E-state index >= 15 is 0 Å². The van der Waals surface area contributed by atoms with E-state index in [4.69, 9.17) is 19.9 Å². The van der Waals surface area contributed by atoms with Crippen LogP contribution in [-0.2, 0) is 25.7 Å². The van der Waals surface area contributed by atoms with E-state index < -0.39 is 12.0 Å². The predicted octanol–water partition coefficient (Wildman–Crippen LogP) is 1.80. The molecule has 1 aromatic rings. The summed E-state index contributed by atoms with van der Waals surface area (Å²) in [6.07, 6.45) is 1.76. The van der Waals surface area contributed by atoms with Crippen LogP contribution in [0.5, 0.6) is 5.75 Å². The Kier molecular flexibility index (Phi) is 5.35. The summed E-state index contributed by atoms with van der Waals surface area (Å²) in [4.78, 5) is 26.8. The van der Waals surface area contributed by atoms with Crippen LogP contribution in [0.3, 0.4) is 0 Å². The number of carbonyl (C=O) groups is 2. The number of hydrogen-bond acceptors (Lipinski definition) is 7. The zero-order chi connectivity index (χ0) is 19.8. The number of benzene rings is 1. The summed E-state index contributed by atoms with van der Waals surface area (Å²) in [5.74, 6) is 0.614. The molecule has 3 heterocycles. The van der Waals surface area contributed by atoms with Gasteiger partial charge in [-0.2, -0.15) is 0 Å². The Balaban J connectivity index is 1.55. The second kappa shape index (κ2) is 7.77. The molecule has 28 heavy (non-hydrogen) atoms. The highest BCUT2D eigenvalue weighted by molar-refractivity contribution is 8.00. The van der Waals surface area contributed by atoms with Crippen molar-refractivity contribution in [1.29, 1.82) is 0 Å². The highest BCUT2D eigenvalue weighted by Crippen LogP contribution is 2.43. The highest BCUT2D eigenvalue weighted by atomic mass is 32.2. The molecular formula is C20H24N2O5S. The molecule has 2 fully saturated rings. The van der Waals surface area contributed by atoms with E-state index in [0.717, 1.165) is 29.7 Å². The first kappa shape index (κ1) is 19.3. The van der Waals surface area contributed by atoms with Crippen LogP contribution in [0.2, 0.25) is 0 Å². The van der Waals surface area contributed by atoms with Gasteiger partial charge in [0.05, 0.1) is 19.3 Å². The Labute approximate surface area is 168 Å². The molecule has 2 saturated heterocycles. The Hall–Kier alpha value is -2.03. The molecule has 3 aliphatic heterocycles. The van der Waals surface area contributed by atoms with Crippen molar-refractivity contribution in [2.75, 3.05) is 12.9 Å². The topological polar surface area (TPSA) is 91.1 Å². The van der Waals surface area contributed by atoms with Crippen LogP contribution < -0.4 is 10.5 Å². The number of amides is 1. The van der Waals surface area contributed by atoms with Crippen LogP contribution in [0, 0.1) is 0 Å². The summed E-state index contributed by atoms with van der Waals surface area (Å²) < 4.78 is 16.7. The quantitative estimate of drug-likeness (QED) is 0.591. The minimum Gasteiger partial charge on any atom is -0.497 e. The number of hydrogen-bond donors (Lipinski definition) is 1. The molecule has 3 aliphatic rings. The van der Waals surface area contributed by atoms with Gasteiger partial charge in [-0.3, -0.25) is 9.69 Å². The third-order valence-corrected chi connectivity index (χ3v) is 6.71. The number of ether oxygens (including phenoxy) is 3. The van der Waals surface area contributed by atoms with Crippen molar-refractivity contribution in [2.24, 2.45) is 5.73 Å². The van der Waals surface area contributed by atoms with Crippen molar-refractivity contribution in [2.45, 2.75) is 50.0 Å². The maximum Gasteiger partial charge on any atom is 0.355 e. The molecule has 0 radical (unpaired) electrons. The lowest BCUT2D eigenvalue weighted by Gasteiger charge is -2.48. The second-order valence-corrected chi connectivity index (χ2v) is 8.35. The number of nitrogens with two attached hydrogens (primary N) is 1. The molecule has 4 rings (SSSR count). The van der Waals surface area contributed by atoms with Crippen LogP contribution in [0.4, 0.5) is 0 Å². The van der Waals surface area contributed by atoms with Gasteiger partial charge in [-0.1, -0.05) is 12.1 Å². The number of nitrogens with zero attached hydrogens (tertiary/aromatic N) is 1. The van der Waals surface area contributed by atoms with Gasteiger partial charge in [-0.15, -0.1) is 11.8 Å². The second-order valence-electron chi connectivity index (χ2n) is 7.25. The van der Waals surface area contributed by atoms with Crippen molar-refractivity contribution in [3.8, 4) is 5.75 Å². The first-order valence-electron chi connectivity index (χ1n) is 9.38. The maximum atomic E-state index is 13.0. The van der Waals surface area contributed by atoms with Gasteiger partial charge < -0.3 is 19.9 Å². The molecule has 2 N–H and O–H groups in total. The van der Waals surface area contributed by atoms with E-state index in [2.05, 4.69) is 0 Å². The van der Waals surface area contributed by atoms with Gasteiger partial charge in [0.15, 0.2) is 0 Å². The monoisotopic (exact) mass is 404 g/mol. The fraction of sp³-hybridized carbons (Fsp3) is 0.500. The first-order valence-corrected chi connectivity index (χ1v) is 10.4. The van der Waals surface area contributed by atoms with Crippen molar-refractivity contribution in [3.63, 3.8) is 0 Å². The fourth-order valence-corrected chi connectivity index (χ4v) is 5.13. The van der Waals surface area contributed by atoms with E-state index in [1.807, 2.05) is 31.2 Å². The van der Waals surface area contributed by atoms with Gasteiger partial charge in [0.1, 0.15) is 29.5 Å². The lowest BCUT2D eigenvalue weighted by Crippen LogP contribution is -2.68. The summed E-state index contributed by atoms with van der Waals surface area (Å²) in [6.45, 7) is 2.14. The standard InChI is InChI=1S/C20H24N2O5S/c1-11-3-8-15(27-11)14-10-28-19-16(21)18(23)22(19)17(14)20(24)26-9-12-4-6-13(25-2)7-5-12/h4-7,11,15-16,19H,3,8-10,21H2,1-2H3/t11?,15?,16-,19-/m1/s1. The lowest BCUT2D eigenvalue weighted by molar-refractivity contribution is -0.151. The smallest absolute Gasteiger partial charge is 0.355 e. The van der Waals surface area contributed by atoms with Gasteiger partial charge in [0, 0.05) is 5.75 Å². The molecule has 2 unspecified atom stereocenters. The molecule has 0 aromatic heterocycles. The van der Waals surface area contributed by atoms with E-state index in [-0.39, 0.29) is 30.1 Å². The van der Waals surface area contributed by atoms with E-state index in [0.29, 0.717) is 11.4 Å². The van der Waals surface area contributed by atoms with Gasteiger partial charge in [0.2, 0.25) is 5.91 Å². The Morgan fingerprint density at radius 3 is 2.71 bits per heavy atom. The molecule has 0 bridgehead atoms. The molecule has 150 valence electrons. The van der Waals surface area contributed by atoms with Crippen LogP contribution in [0.15, 0.2) is 35.5 Å². The molecular weight excluding hydrogens is 380 g/mol. The molecule has 0 aliphatic carbocycles. The van der Waals surface area contributed by atoms with Crippen LogP contribution in [-0.4, -0.2) is 53.3 Å². The number of methoxy groups -OCH3 is 1. The van der Waals surface area contributed by atoms with Crippen molar-refractivity contribution >= 4 is 23.6 Å². The number of carbonyl (C=O) groups excluding carboxylic acids is 2. The van der Waals surface area contributed by atoms with Gasteiger partial charge >= 0.3 is 5.97 Å². The normalized spacial score (nSPS) is 29.4. The van der Waals surface area contributed by atoms with Crippen LogP contribution >= 0.6 is 11.8 Å². The maximum absolute atomic E-state index is 13.0. The molecule has 0 saturated carbocycles. The molecule has 0 spiro atoms. The Morgan fingerprint density at radius 2 is 2.07 bits per heavy atom. The summed E-state index contributed by atoms with van der Waals surface area (Å²) >= 11 is 1.58. The van der Waals surface area contributed by atoms with Crippen LogP contribution in [0.25, 0.3) is 0 Å². The summed E-state index contributed by atoms with van der Waals surface area (Å²) in [6, 6.07) is 6.74. The molecule has 7 nitrogen and oxygen atoms in total. The van der Waals surface area contributed by atoms with Crippen molar-refractivity contribution < 1.29 is 23.8 Å². The fourth-order valence-electron chi connectivity index (χ4n) is 3.77. The van der Waals surface area contributed by atoms with Crippen LogP contribution in [0.1, 0.15) is 25.3 Å². The Bertz CT molecular complexity index is 809. The number of fused-ring (bicyclic) bond motifs is 1. The average Bonchev–Trinajstić information content (AvgIpc) is 3.16. The van der Waals surface area contributed by atoms with Gasteiger partial charge in [-0.25, -0.2) is 4.79 Å².